The van der Waals surface area contributed by atoms with Gasteiger partial charge in [-0.15, -0.1) is 0 Å². The molecule has 1 atom stereocenters. The van der Waals surface area contributed by atoms with Crippen molar-refractivity contribution in [3.8, 4) is 0 Å². The summed E-state index contributed by atoms with van der Waals surface area (Å²) >= 11 is 0. The Morgan fingerprint density at radius 1 is 1.75 bits per heavy atom. The number of hydrogen-bond donors (Lipinski definition) is 1. The van der Waals surface area contributed by atoms with E-state index in [1.54, 1.807) is 0 Å². The zero-order valence-corrected chi connectivity index (χ0v) is 6.34. The molecule has 0 aromatic rings. The number of aliphatic hydroxyl groups excluding tert-OH is 1. The minimum Gasteiger partial charge on any atom is 1.00 e. The molecule has 0 amide bonds. The summed E-state index contributed by atoms with van der Waals surface area (Å²) in [7, 11) is 0. The number of carboxylic acids is 1. The zero-order chi connectivity index (χ0) is 5.15. The second-order valence-corrected chi connectivity index (χ2v) is 0.995. The van der Waals surface area contributed by atoms with E-state index in [1.807, 2.05) is 0 Å². The molecule has 0 aliphatic rings. The molecule has 0 aromatic heterocycles. The Hall–Kier alpha value is 1.69. The van der Waals surface area contributed by atoms with Gasteiger partial charge >= 0.3 is 67.3 Å². The molecule has 0 saturated heterocycles. The molecule has 5 heteroatoms. The Bertz CT molecular complexity index is 65.5. The standard InChI is InChI=1S/C3H6O3.Ca.Na.2H/c1-2(4)3(5)6;;;;/h2,4H,1H3,(H,5,6);;;;/q;;+1;;/p-1. The fraction of sp³-hybridized carbons (Fsp3) is 0.667. The zero-order valence-electron chi connectivity index (χ0n) is 4.34. The van der Waals surface area contributed by atoms with Gasteiger partial charge in [0.2, 0.25) is 0 Å². The molecule has 0 saturated carbocycles. The van der Waals surface area contributed by atoms with Crippen molar-refractivity contribution in [2.24, 2.45) is 0 Å². The topological polar surface area (TPSA) is 60.4 Å². The van der Waals surface area contributed by atoms with Gasteiger partial charge in [0.25, 0.3) is 0 Å². The summed E-state index contributed by atoms with van der Waals surface area (Å²) in [5, 5.41) is 17.3. The van der Waals surface area contributed by atoms with Crippen LogP contribution in [0.5, 0.6) is 0 Å². The second-order valence-electron chi connectivity index (χ2n) is 0.995. The maximum atomic E-state index is 9.34. The molecule has 0 aromatic carbocycles. The van der Waals surface area contributed by atoms with E-state index < -0.39 is 12.1 Å². The third-order valence-electron chi connectivity index (χ3n) is 0.341. The summed E-state index contributed by atoms with van der Waals surface area (Å²) in [5.74, 6) is -1.44. The number of hydrogen-bond acceptors (Lipinski definition) is 3. The largest absolute Gasteiger partial charge is 1.00 e. The Morgan fingerprint density at radius 3 is 1.88 bits per heavy atom. The van der Waals surface area contributed by atoms with Crippen LogP contribution in [0.15, 0.2) is 0 Å². The summed E-state index contributed by atoms with van der Waals surface area (Å²) in [4.78, 5) is 9.34. The first-order valence-corrected chi connectivity index (χ1v) is 1.53. The van der Waals surface area contributed by atoms with Crippen LogP contribution < -0.4 is 34.7 Å². The molecule has 0 spiro atoms. The molecule has 1 N–H and O–H groups in total. The molecule has 0 bridgehead atoms. The van der Waals surface area contributed by atoms with Crippen molar-refractivity contribution >= 4 is 43.7 Å². The van der Waals surface area contributed by atoms with Gasteiger partial charge in [-0.25, -0.2) is 0 Å². The van der Waals surface area contributed by atoms with Crippen molar-refractivity contribution in [3.63, 3.8) is 0 Å². The Labute approximate surface area is 99.7 Å². The predicted molar refractivity (Wildman–Crippen MR) is 25.2 cm³/mol. The van der Waals surface area contributed by atoms with Crippen molar-refractivity contribution in [1.29, 1.82) is 0 Å². The van der Waals surface area contributed by atoms with Gasteiger partial charge in [-0.05, 0) is 6.92 Å². The number of carbonyl (C=O) groups excluding carboxylic acids is 1. The molecule has 0 heterocycles. The van der Waals surface area contributed by atoms with Gasteiger partial charge in [0.15, 0.2) is 0 Å². The van der Waals surface area contributed by atoms with Gasteiger partial charge in [-0.1, -0.05) is 0 Å². The van der Waals surface area contributed by atoms with Gasteiger partial charge < -0.3 is 15.0 Å². The number of carbonyl (C=O) groups is 1. The van der Waals surface area contributed by atoms with Crippen molar-refractivity contribution in [1.82, 2.24) is 0 Å². The average Bonchev–Trinajstić information content (AvgIpc) is 1.36. The second kappa shape index (κ2) is 8.69. The quantitative estimate of drug-likeness (QED) is 0.383. The van der Waals surface area contributed by atoms with Gasteiger partial charge in [-0.3, -0.25) is 0 Å². The van der Waals surface area contributed by atoms with Gasteiger partial charge in [0.05, 0.1) is 12.1 Å². The molecule has 0 fully saturated rings. The van der Waals surface area contributed by atoms with Crippen molar-refractivity contribution in [2.45, 2.75) is 13.0 Å². The molecular formula is C3H7CaNaO3. The molecule has 0 aliphatic carbocycles. The summed E-state index contributed by atoms with van der Waals surface area (Å²) in [6.45, 7) is 1.13. The van der Waals surface area contributed by atoms with Crippen LogP contribution in [0, 0.1) is 0 Å². The summed E-state index contributed by atoms with van der Waals surface area (Å²) < 4.78 is 0. The minimum absolute atomic E-state index is 0. The molecule has 1 unspecified atom stereocenters. The third-order valence-corrected chi connectivity index (χ3v) is 0.341. The summed E-state index contributed by atoms with van der Waals surface area (Å²) in [6, 6.07) is 0. The van der Waals surface area contributed by atoms with Crippen molar-refractivity contribution in [2.75, 3.05) is 0 Å². The monoisotopic (exact) mass is 154 g/mol. The van der Waals surface area contributed by atoms with Crippen LogP contribution in [-0.4, -0.2) is 54.9 Å². The van der Waals surface area contributed by atoms with Gasteiger partial charge in [0, 0.05) is 0 Å². The van der Waals surface area contributed by atoms with E-state index in [2.05, 4.69) is 0 Å². The molecule has 0 aliphatic heterocycles. The van der Waals surface area contributed by atoms with E-state index >= 15 is 0 Å². The number of aliphatic carboxylic acids is 1. The number of carboxylic acid groups (broad SMARTS) is 1. The minimum atomic E-state index is -1.44. The Morgan fingerprint density at radius 2 is 1.88 bits per heavy atom. The van der Waals surface area contributed by atoms with Crippen LogP contribution in [0.25, 0.3) is 0 Å². The average molecular weight is 154 g/mol. The van der Waals surface area contributed by atoms with E-state index in [4.69, 9.17) is 5.11 Å². The molecule has 40 valence electrons. The van der Waals surface area contributed by atoms with Crippen LogP contribution in [0.3, 0.4) is 0 Å². The Kier molecular flexibility index (Phi) is 17.8. The van der Waals surface area contributed by atoms with Crippen molar-refractivity contribution in [3.05, 3.63) is 0 Å². The third kappa shape index (κ3) is 10.6. The fourth-order valence-electron chi connectivity index (χ4n) is 0. The molecule has 3 nitrogen and oxygen atoms in total. The molecule has 0 radical (unpaired) electrons. The molecular weight excluding hydrogens is 147 g/mol. The number of aliphatic hydroxyl groups is 1. The maximum absolute atomic E-state index is 9.34. The van der Waals surface area contributed by atoms with Crippen LogP contribution in [0.1, 0.15) is 6.92 Å². The first kappa shape index (κ1) is 16.3. The van der Waals surface area contributed by atoms with E-state index in [0.29, 0.717) is 0 Å². The van der Waals surface area contributed by atoms with Crippen molar-refractivity contribution < 1.29 is 44.6 Å². The SMILES string of the molecule is CC(O)C(=O)[O-].[CaH2].[Na+]. The maximum Gasteiger partial charge on any atom is 1.00 e. The normalized spacial score (nSPS) is 10.2. The first-order valence-electron chi connectivity index (χ1n) is 1.53. The van der Waals surface area contributed by atoms with E-state index in [0.717, 1.165) is 6.92 Å². The summed E-state index contributed by atoms with van der Waals surface area (Å²) in [6.07, 6.45) is -1.34. The van der Waals surface area contributed by atoms with Gasteiger partial charge in [0.1, 0.15) is 0 Å². The van der Waals surface area contributed by atoms with Crippen LogP contribution in [-0.2, 0) is 4.79 Å². The molecule has 0 rings (SSSR count). The van der Waals surface area contributed by atoms with Crippen LogP contribution in [0.2, 0.25) is 0 Å². The van der Waals surface area contributed by atoms with E-state index in [9.17, 15) is 9.90 Å². The Balaban J connectivity index is -0.000000125. The number of rotatable bonds is 1. The first-order chi connectivity index (χ1) is 2.64. The van der Waals surface area contributed by atoms with Crippen LogP contribution >= 0.6 is 0 Å². The van der Waals surface area contributed by atoms with E-state index in [-0.39, 0.29) is 67.3 Å². The fourth-order valence-corrected chi connectivity index (χ4v) is 0. The van der Waals surface area contributed by atoms with Gasteiger partial charge in [-0.2, -0.15) is 0 Å². The summed E-state index contributed by atoms with van der Waals surface area (Å²) in [5.41, 5.74) is 0. The van der Waals surface area contributed by atoms with Crippen LogP contribution in [0.4, 0.5) is 0 Å². The molecule has 8 heavy (non-hydrogen) atoms. The predicted octanol–water partition coefficient (Wildman–Crippen LogP) is -5.80. The van der Waals surface area contributed by atoms with E-state index in [1.165, 1.54) is 0 Å². The smallest absolute Gasteiger partial charge is 1.00 e.